The molecule has 0 bridgehead atoms. The van der Waals surface area contributed by atoms with Crippen molar-refractivity contribution < 1.29 is 9.18 Å². The quantitative estimate of drug-likeness (QED) is 0.918. The minimum absolute atomic E-state index is 0.184. The molecule has 1 aromatic rings. The number of hydrogen-bond donors (Lipinski definition) is 1. The Balaban J connectivity index is 2.17. The van der Waals surface area contributed by atoms with E-state index in [2.05, 4.69) is 12.2 Å². The Labute approximate surface area is 118 Å². The highest BCUT2D eigenvalue weighted by Crippen LogP contribution is 2.35. The van der Waals surface area contributed by atoms with Crippen molar-refractivity contribution in [3.63, 3.8) is 0 Å². The highest BCUT2D eigenvalue weighted by molar-refractivity contribution is 6.31. The van der Waals surface area contributed by atoms with Crippen LogP contribution in [0.15, 0.2) is 18.2 Å². The summed E-state index contributed by atoms with van der Waals surface area (Å²) in [6.45, 7) is 3.79. The van der Waals surface area contributed by atoms with Crippen molar-refractivity contribution >= 4 is 17.4 Å². The molecule has 104 valence electrons. The van der Waals surface area contributed by atoms with Crippen molar-refractivity contribution in [3.8, 4) is 0 Å². The van der Waals surface area contributed by atoms with E-state index in [4.69, 9.17) is 11.6 Å². The van der Waals surface area contributed by atoms with Crippen molar-refractivity contribution in [3.05, 3.63) is 34.6 Å². The van der Waals surface area contributed by atoms with Crippen molar-refractivity contribution in [1.29, 1.82) is 0 Å². The lowest BCUT2D eigenvalue weighted by atomic mass is 9.72. The van der Waals surface area contributed by atoms with E-state index in [1.807, 2.05) is 0 Å². The number of piperidine rings is 1. The molecule has 19 heavy (non-hydrogen) atoms. The van der Waals surface area contributed by atoms with Gasteiger partial charge in [0, 0.05) is 16.9 Å². The van der Waals surface area contributed by atoms with Crippen molar-refractivity contribution in [1.82, 2.24) is 5.32 Å². The van der Waals surface area contributed by atoms with Crippen LogP contribution in [0.3, 0.4) is 0 Å². The molecule has 2 nitrogen and oxygen atoms in total. The van der Waals surface area contributed by atoms with Gasteiger partial charge in [0.15, 0.2) is 0 Å². The van der Waals surface area contributed by atoms with Gasteiger partial charge in [0.05, 0.1) is 0 Å². The zero-order chi connectivity index (χ0) is 13.9. The first-order valence-electron chi connectivity index (χ1n) is 6.75. The molecule has 0 amide bonds. The van der Waals surface area contributed by atoms with E-state index in [0.29, 0.717) is 10.6 Å². The average Bonchev–Trinajstić information content (AvgIpc) is 2.43. The SMILES string of the molecule is CCC1(C(=O)Cc2cc(F)ccc2Cl)CCNCC1. The maximum absolute atomic E-state index is 13.2. The van der Waals surface area contributed by atoms with E-state index in [9.17, 15) is 9.18 Å². The van der Waals surface area contributed by atoms with Gasteiger partial charge in [0.2, 0.25) is 0 Å². The minimum atomic E-state index is -0.344. The normalized spacial score (nSPS) is 18.3. The van der Waals surface area contributed by atoms with Gasteiger partial charge in [-0.1, -0.05) is 18.5 Å². The summed E-state index contributed by atoms with van der Waals surface area (Å²) in [7, 11) is 0. The second-order valence-electron chi connectivity index (χ2n) is 5.22. The summed E-state index contributed by atoms with van der Waals surface area (Å²) in [4.78, 5) is 12.6. The van der Waals surface area contributed by atoms with Crippen LogP contribution in [0.25, 0.3) is 0 Å². The van der Waals surface area contributed by atoms with Gasteiger partial charge >= 0.3 is 0 Å². The molecule has 1 fully saturated rings. The smallest absolute Gasteiger partial charge is 0.143 e. The maximum atomic E-state index is 13.2. The van der Waals surface area contributed by atoms with Gasteiger partial charge in [0.1, 0.15) is 11.6 Å². The largest absolute Gasteiger partial charge is 0.317 e. The van der Waals surface area contributed by atoms with Gasteiger partial charge in [-0.2, -0.15) is 0 Å². The number of carbonyl (C=O) groups excluding carboxylic acids is 1. The number of hydrogen-bond acceptors (Lipinski definition) is 2. The van der Waals surface area contributed by atoms with E-state index >= 15 is 0 Å². The fraction of sp³-hybridized carbons (Fsp3) is 0.533. The number of Topliss-reactive ketones (excluding diaryl/α,β-unsaturated/α-hetero) is 1. The van der Waals surface area contributed by atoms with Gasteiger partial charge < -0.3 is 5.32 Å². The van der Waals surface area contributed by atoms with Crippen LogP contribution in [0, 0.1) is 11.2 Å². The third-order valence-corrected chi connectivity index (χ3v) is 4.56. The number of carbonyl (C=O) groups is 1. The highest BCUT2D eigenvalue weighted by Gasteiger charge is 2.37. The van der Waals surface area contributed by atoms with Gasteiger partial charge in [-0.15, -0.1) is 0 Å². The average molecular weight is 284 g/mol. The van der Waals surface area contributed by atoms with E-state index in [1.54, 1.807) is 0 Å². The van der Waals surface area contributed by atoms with Crippen molar-refractivity contribution in [2.75, 3.05) is 13.1 Å². The van der Waals surface area contributed by atoms with Crippen LogP contribution in [0.5, 0.6) is 0 Å². The molecule has 0 atom stereocenters. The molecular weight excluding hydrogens is 265 g/mol. The molecule has 1 aliphatic rings. The second-order valence-corrected chi connectivity index (χ2v) is 5.63. The fourth-order valence-electron chi connectivity index (χ4n) is 2.77. The summed E-state index contributed by atoms with van der Waals surface area (Å²) in [5, 5.41) is 3.74. The molecule has 2 rings (SSSR count). The monoisotopic (exact) mass is 283 g/mol. The Bertz CT molecular complexity index is 469. The molecule has 1 aromatic carbocycles. The molecule has 0 aliphatic carbocycles. The Kier molecular flexibility index (Phi) is 4.58. The molecule has 1 N–H and O–H groups in total. The maximum Gasteiger partial charge on any atom is 0.143 e. The van der Waals surface area contributed by atoms with Crippen LogP contribution >= 0.6 is 11.6 Å². The first-order chi connectivity index (χ1) is 9.07. The summed E-state index contributed by atoms with van der Waals surface area (Å²) in [5.41, 5.74) is 0.332. The van der Waals surface area contributed by atoms with E-state index in [-0.39, 0.29) is 23.4 Å². The topological polar surface area (TPSA) is 29.1 Å². The standard InChI is InChI=1S/C15H19ClFNO/c1-2-15(5-7-18-8-6-15)14(19)10-11-9-12(17)3-4-13(11)16/h3-4,9,18H,2,5-8,10H2,1H3. The number of rotatable bonds is 4. The fourth-order valence-corrected chi connectivity index (χ4v) is 2.96. The first kappa shape index (κ1) is 14.5. The minimum Gasteiger partial charge on any atom is -0.317 e. The predicted molar refractivity (Wildman–Crippen MR) is 74.9 cm³/mol. The van der Waals surface area contributed by atoms with Crippen molar-refractivity contribution in [2.24, 2.45) is 5.41 Å². The lowest BCUT2D eigenvalue weighted by molar-refractivity contribution is -0.129. The van der Waals surface area contributed by atoms with Crippen LogP contribution in [-0.4, -0.2) is 18.9 Å². The third-order valence-electron chi connectivity index (χ3n) is 4.19. The summed E-state index contributed by atoms with van der Waals surface area (Å²) in [5.74, 6) is -0.160. The number of ketones is 1. The van der Waals surface area contributed by atoms with Gasteiger partial charge in [-0.25, -0.2) is 4.39 Å². The summed E-state index contributed by atoms with van der Waals surface area (Å²) < 4.78 is 13.2. The zero-order valence-corrected chi connectivity index (χ0v) is 11.9. The Hall–Kier alpha value is -0.930. The Morgan fingerprint density at radius 1 is 1.42 bits per heavy atom. The van der Waals surface area contributed by atoms with Crippen LogP contribution in [-0.2, 0) is 11.2 Å². The molecule has 1 aliphatic heterocycles. The van der Waals surface area contributed by atoms with Crippen LogP contribution in [0.4, 0.5) is 4.39 Å². The van der Waals surface area contributed by atoms with E-state index < -0.39 is 0 Å². The molecular formula is C15H19ClFNO. The summed E-state index contributed by atoms with van der Waals surface area (Å²) in [6, 6.07) is 4.20. The van der Waals surface area contributed by atoms with Crippen LogP contribution in [0.1, 0.15) is 31.7 Å². The second kappa shape index (κ2) is 6.02. The van der Waals surface area contributed by atoms with Crippen LogP contribution < -0.4 is 5.32 Å². The van der Waals surface area contributed by atoms with Gasteiger partial charge in [0.25, 0.3) is 0 Å². The zero-order valence-electron chi connectivity index (χ0n) is 11.1. The Morgan fingerprint density at radius 3 is 2.74 bits per heavy atom. The Morgan fingerprint density at radius 2 is 2.11 bits per heavy atom. The van der Waals surface area contributed by atoms with Crippen LogP contribution in [0.2, 0.25) is 5.02 Å². The molecule has 1 heterocycles. The molecule has 0 aromatic heterocycles. The predicted octanol–water partition coefficient (Wildman–Crippen LogP) is 3.37. The number of nitrogens with one attached hydrogen (secondary N) is 1. The molecule has 0 spiro atoms. The van der Waals surface area contributed by atoms with E-state index in [0.717, 1.165) is 32.4 Å². The molecule has 0 unspecified atom stereocenters. The summed E-state index contributed by atoms with van der Waals surface area (Å²) in [6.07, 6.45) is 2.77. The molecule has 4 heteroatoms. The summed E-state index contributed by atoms with van der Waals surface area (Å²) >= 11 is 6.04. The molecule has 1 saturated heterocycles. The number of halogens is 2. The highest BCUT2D eigenvalue weighted by atomic mass is 35.5. The van der Waals surface area contributed by atoms with Crippen molar-refractivity contribution in [2.45, 2.75) is 32.6 Å². The van der Waals surface area contributed by atoms with Gasteiger partial charge in [-0.05, 0) is 56.1 Å². The molecule has 0 saturated carbocycles. The van der Waals surface area contributed by atoms with Gasteiger partial charge in [-0.3, -0.25) is 4.79 Å². The third kappa shape index (κ3) is 3.15. The first-order valence-corrected chi connectivity index (χ1v) is 7.13. The molecule has 0 radical (unpaired) electrons. The lowest BCUT2D eigenvalue weighted by Gasteiger charge is -2.35. The van der Waals surface area contributed by atoms with E-state index in [1.165, 1.54) is 18.2 Å². The lowest BCUT2D eigenvalue weighted by Crippen LogP contribution is -2.42. The number of benzene rings is 1.